The second-order valence-electron chi connectivity index (χ2n) is 5.53. The normalized spacial score (nSPS) is 23.3. The Kier molecular flexibility index (Phi) is 4.43. The number of carbonyl (C=O) groups excluding carboxylic acids is 1. The molecule has 0 saturated carbocycles. The molecule has 1 saturated heterocycles. The van der Waals surface area contributed by atoms with Gasteiger partial charge in [0.25, 0.3) is 5.56 Å². The number of aromatic nitrogens is 2. The molecular weight excluding hydrogens is 316 g/mol. The summed E-state index contributed by atoms with van der Waals surface area (Å²) in [6.07, 6.45) is -0.484. The number of carbonyl (C=O) groups is 1. The van der Waals surface area contributed by atoms with Crippen molar-refractivity contribution in [2.45, 2.75) is 24.9 Å². The number of aliphatic hydroxyl groups excluding tert-OH is 2. The molecule has 0 bridgehead atoms. The number of aliphatic hydroxyl groups is 2. The summed E-state index contributed by atoms with van der Waals surface area (Å²) in [5.74, 6) is 0. The summed E-state index contributed by atoms with van der Waals surface area (Å²) in [5, 5.41) is 19.0. The molecule has 3 rings (SSSR count). The van der Waals surface area contributed by atoms with Gasteiger partial charge in [-0.2, -0.15) is 0 Å². The third kappa shape index (κ3) is 2.82. The Morgan fingerprint density at radius 1 is 1.29 bits per heavy atom. The molecule has 24 heavy (non-hydrogen) atoms. The first-order valence-electron chi connectivity index (χ1n) is 7.39. The lowest BCUT2D eigenvalue weighted by Gasteiger charge is -2.15. The highest BCUT2D eigenvalue weighted by molar-refractivity contribution is 5.87. The van der Waals surface area contributed by atoms with Crippen molar-refractivity contribution in [1.82, 2.24) is 9.55 Å². The van der Waals surface area contributed by atoms with Gasteiger partial charge < -0.3 is 14.9 Å². The van der Waals surface area contributed by atoms with Crippen molar-refractivity contribution in [3.05, 3.63) is 56.9 Å². The Labute approximate surface area is 136 Å². The van der Waals surface area contributed by atoms with Crippen LogP contribution in [0.2, 0.25) is 0 Å². The average molecular weight is 332 g/mol. The molecule has 2 heterocycles. The molecule has 8 heteroatoms. The third-order valence-electron chi connectivity index (χ3n) is 4.04. The molecule has 1 aromatic heterocycles. The fraction of sp³-hybridized carbons (Fsp3) is 0.312. The Hall–Kier alpha value is -2.55. The average Bonchev–Trinajstić information content (AvgIpc) is 2.95. The standard InChI is InChI=1S/C16H16N2O6/c19-7-9-3-1-2-4-10(9)11-6-18(16(23)17-15(11)22)14-5-12(21)13(8-20)24-14/h1-4,6-7,12-14,20-21H,5,8H2,(H,17,22,23)/t12-,13+,14+/m0/s1. The summed E-state index contributed by atoms with van der Waals surface area (Å²) < 4.78 is 6.60. The van der Waals surface area contributed by atoms with Crippen molar-refractivity contribution < 1.29 is 19.7 Å². The zero-order chi connectivity index (χ0) is 17.3. The molecule has 1 aliphatic rings. The van der Waals surface area contributed by atoms with Gasteiger partial charge in [0, 0.05) is 18.2 Å². The number of nitrogens with one attached hydrogen (secondary N) is 1. The van der Waals surface area contributed by atoms with Crippen molar-refractivity contribution in [1.29, 1.82) is 0 Å². The summed E-state index contributed by atoms with van der Waals surface area (Å²) in [6, 6.07) is 6.51. The maximum atomic E-state index is 12.1. The Morgan fingerprint density at radius 3 is 2.71 bits per heavy atom. The first-order valence-corrected chi connectivity index (χ1v) is 7.39. The van der Waals surface area contributed by atoms with Crippen LogP contribution in [0.5, 0.6) is 0 Å². The van der Waals surface area contributed by atoms with Crippen molar-refractivity contribution in [3.63, 3.8) is 0 Å². The first-order chi connectivity index (χ1) is 11.5. The van der Waals surface area contributed by atoms with Gasteiger partial charge in [-0.1, -0.05) is 24.3 Å². The van der Waals surface area contributed by atoms with Gasteiger partial charge in [0.15, 0.2) is 6.29 Å². The Balaban J connectivity index is 2.09. The first kappa shape index (κ1) is 16.3. The van der Waals surface area contributed by atoms with Crippen LogP contribution < -0.4 is 11.2 Å². The van der Waals surface area contributed by atoms with Gasteiger partial charge in [0.05, 0.1) is 18.3 Å². The smallest absolute Gasteiger partial charge is 0.330 e. The summed E-state index contributed by atoms with van der Waals surface area (Å²) in [7, 11) is 0. The van der Waals surface area contributed by atoms with Gasteiger partial charge in [-0.25, -0.2) is 4.79 Å². The zero-order valence-corrected chi connectivity index (χ0v) is 12.6. The van der Waals surface area contributed by atoms with E-state index in [4.69, 9.17) is 9.84 Å². The fourth-order valence-electron chi connectivity index (χ4n) is 2.79. The van der Waals surface area contributed by atoms with Crippen molar-refractivity contribution >= 4 is 6.29 Å². The van der Waals surface area contributed by atoms with Crippen LogP contribution in [0.1, 0.15) is 23.0 Å². The lowest BCUT2D eigenvalue weighted by Crippen LogP contribution is -2.33. The third-order valence-corrected chi connectivity index (χ3v) is 4.04. The summed E-state index contributed by atoms with van der Waals surface area (Å²) in [4.78, 5) is 37.6. The largest absolute Gasteiger partial charge is 0.394 e. The molecule has 8 nitrogen and oxygen atoms in total. The molecule has 2 aromatic rings. The number of hydrogen-bond donors (Lipinski definition) is 3. The van der Waals surface area contributed by atoms with E-state index in [1.807, 2.05) is 0 Å². The molecule has 3 N–H and O–H groups in total. The topological polar surface area (TPSA) is 122 Å². The second kappa shape index (κ2) is 6.52. The maximum absolute atomic E-state index is 12.1. The fourth-order valence-corrected chi connectivity index (χ4v) is 2.79. The van der Waals surface area contributed by atoms with Crippen LogP contribution in [-0.4, -0.2) is 44.9 Å². The van der Waals surface area contributed by atoms with Gasteiger partial charge in [-0.3, -0.25) is 19.1 Å². The highest BCUT2D eigenvalue weighted by atomic mass is 16.5. The van der Waals surface area contributed by atoms with Gasteiger partial charge in [0.1, 0.15) is 12.3 Å². The number of aromatic amines is 1. The van der Waals surface area contributed by atoms with E-state index in [1.165, 1.54) is 6.20 Å². The molecule has 1 aromatic carbocycles. The summed E-state index contributed by atoms with van der Waals surface area (Å²) in [6.45, 7) is -0.378. The molecule has 0 spiro atoms. The van der Waals surface area contributed by atoms with Crippen molar-refractivity contribution in [3.8, 4) is 11.1 Å². The van der Waals surface area contributed by atoms with E-state index in [1.54, 1.807) is 24.3 Å². The number of ether oxygens (including phenoxy) is 1. The number of nitrogens with zero attached hydrogens (tertiary/aromatic N) is 1. The van der Waals surface area contributed by atoms with E-state index in [0.717, 1.165) is 4.57 Å². The van der Waals surface area contributed by atoms with E-state index >= 15 is 0 Å². The number of aldehydes is 1. The van der Waals surface area contributed by atoms with Gasteiger partial charge in [-0.15, -0.1) is 0 Å². The van der Waals surface area contributed by atoms with E-state index in [9.17, 15) is 19.5 Å². The van der Waals surface area contributed by atoms with E-state index in [2.05, 4.69) is 4.98 Å². The van der Waals surface area contributed by atoms with E-state index in [0.29, 0.717) is 17.4 Å². The van der Waals surface area contributed by atoms with Crippen molar-refractivity contribution in [2.75, 3.05) is 6.61 Å². The Morgan fingerprint density at radius 2 is 2.04 bits per heavy atom. The Bertz CT molecular complexity index is 871. The molecule has 3 atom stereocenters. The summed E-state index contributed by atoms with van der Waals surface area (Å²) >= 11 is 0. The molecule has 0 radical (unpaired) electrons. The predicted octanol–water partition coefficient (Wildman–Crippen LogP) is -0.343. The molecule has 1 fully saturated rings. The van der Waals surface area contributed by atoms with Crippen LogP contribution in [-0.2, 0) is 4.74 Å². The summed E-state index contributed by atoms with van der Waals surface area (Å²) in [5.41, 5.74) is -0.470. The minimum Gasteiger partial charge on any atom is -0.394 e. The monoisotopic (exact) mass is 332 g/mol. The zero-order valence-electron chi connectivity index (χ0n) is 12.6. The van der Waals surface area contributed by atoms with Crippen LogP contribution in [0.3, 0.4) is 0 Å². The molecule has 0 aliphatic carbocycles. The van der Waals surface area contributed by atoms with Crippen LogP contribution >= 0.6 is 0 Å². The van der Waals surface area contributed by atoms with Crippen LogP contribution in [0, 0.1) is 0 Å². The van der Waals surface area contributed by atoms with Gasteiger partial charge in [0.2, 0.25) is 0 Å². The molecule has 1 aliphatic heterocycles. The van der Waals surface area contributed by atoms with E-state index < -0.39 is 29.7 Å². The second-order valence-corrected chi connectivity index (χ2v) is 5.53. The number of hydrogen-bond acceptors (Lipinski definition) is 6. The lowest BCUT2D eigenvalue weighted by molar-refractivity contribution is -0.0458. The quantitative estimate of drug-likeness (QED) is 0.658. The van der Waals surface area contributed by atoms with E-state index in [-0.39, 0.29) is 18.6 Å². The predicted molar refractivity (Wildman–Crippen MR) is 83.8 cm³/mol. The minimum absolute atomic E-state index is 0.103. The molecule has 126 valence electrons. The number of rotatable bonds is 4. The highest BCUT2D eigenvalue weighted by Crippen LogP contribution is 2.28. The molecule has 0 amide bonds. The number of benzene rings is 1. The SMILES string of the molecule is O=Cc1ccccc1-c1cn([C@H]2C[C@H](O)[C@@H](CO)O2)c(=O)[nH]c1=O. The van der Waals surface area contributed by atoms with Crippen LogP contribution in [0.4, 0.5) is 0 Å². The molecular formula is C16H16N2O6. The van der Waals surface area contributed by atoms with Gasteiger partial charge in [-0.05, 0) is 5.56 Å². The minimum atomic E-state index is -0.912. The number of H-pyrrole nitrogens is 1. The van der Waals surface area contributed by atoms with Crippen LogP contribution in [0.25, 0.3) is 11.1 Å². The van der Waals surface area contributed by atoms with Crippen LogP contribution in [0.15, 0.2) is 40.1 Å². The highest BCUT2D eigenvalue weighted by Gasteiger charge is 2.35. The van der Waals surface area contributed by atoms with Gasteiger partial charge >= 0.3 is 5.69 Å². The maximum Gasteiger partial charge on any atom is 0.330 e. The molecule has 0 unspecified atom stereocenters. The lowest BCUT2D eigenvalue weighted by atomic mass is 10.0. The van der Waals surface area contributed by atoms with Crippen molar-refractivity contribution in [2.24, 2.45) is 0 Å².